The van der Waals surface area contributed by atoms with Crippen molar-refractivity contribution in [2.45, 2.75) is 102 Å². The van der Waals surface area contributed by atoms with Crippen molar-refractivity contribution in [2.75, 3.05) is 64.9 Å². The first kappa shape index (κ1) is 30.8. The number of carbonyl (C=O) groups excluding carboxylic acids is 1. The molecule has 1 amide bonds. The molecule has 2 saturated heterocycles. The van der Waals surface area contributed by atoms with E-state index in [-0.39, 0.29) is 12.5 Å². The van der Waals surface area contributed by atoms with Crippen LogP contribution >= 0.6 is 0 Å². The van der Waals surface area contributed by atoms with Crippen LogP contribution in [0.4, 0.5) is 5.95 Å². The lowest BCUT2D eigenvalue weighted by molar-refractivity contribution is -0.124. The maximum absolute atomic E-state index is 11.3. The number of anilines is 1. The molecule has 8 nitrogen and oxygen atoms in total. The molecule has 2 atom stereocenters. The lowest BCUT2D eigenvalue weighted by Crippen LogP contribution is -2.58. The third-order valence-corrected chi connectivity index (χ3v) is 8.47. The van der Waals surface area contributed by atoms with Gasteiger partial charge in [0, 0.05) is 51.2 Å². The first-order chi connectivity index (χ1) is 18.5. The predicted octanol–water partition coefficient (Wildman–Crippen LogP) is 4.46. The fourth-order valence-corrected chi connectivity index (χ4v) is 6.17. The van der Waals surface area contributed by atoms with Gasteiger partial charge in [-0.05, 0) is 76.7 Å². The van der Waals surface area contributed by atoms with Crippen molar-refractivity contribution >= 4 is 11.9 Å². The molecule has 2 unspecified atom stereocenters. The van der Waals surface area contributed by atoms with E-state index < -0.39 is 0 Å². The van der Waals surface area contributed by atoms with Gasteiger partial charge in [-0.2, -0.15) is 0 Å². The minimum atomic E-state index is -0.0146. The van der Waals surface area contributed by atoms with Gasteiger partial charge in [0.15, 0.2) is 0 Å². The Bertz CT molecular complexity index is 769. The number of hydrogen-bond donors (Lipinski definition) is 1. The normalized spacial score (nSPS) is 21.6. The Kier molecular flexibility index (Phi) is 13.8. The van der Waals surface area contributed by atoms with Crippen molar-refractivity contribution in [2.24, 2.45) is 0 Å². The standard InChI is InChI=1S/C30H54N6O2/c1-5-27-22-34(3)23-28(6-2)36(27)30-32-20-26(21-33-30)25-14-18-35(19-15-25)17-13-11-9-7-8-10-12-16-31-29(37)24-38-4/h20-21,25,27-28H,5-19,22-24H2,1-4H3,(H,31,37). The lowest BCUT2D eigenvalue weighted by atomic mass is 9.91. The van der Waals surface area contributed by atoms with Crippen molar-refractivity contribution in [1.29, 1.82) is 0 Å². The number of hydrogen-bond acceptors (Lipinski definition) is 7. The number of methoxy groups -OCH3 is 1. The highest BCUT2D eigenvalue weighted by molar-refractivity contribution is 5.77. The number of amides is 1. The van der Waals surface area contributed by atoms with Gasteiger partial charge in [-0.15, -0.1) is 0 Å². The summed E-state index contributed by atoms with van der Waals surface area (Å²) in [6, 6.07) is 0.988. The zero-order valence-corrected chi connectivity index (χ0v) is 24.7. The molecule has 0 bridgehead atoms. The summed E-state index contributed by atoms with van der Waals surface area (Å²) in [6.07, 6.45) is 17.7. The number of unbranched alkanes of at least 4 members (excludes halogenated alkanes) is 6. The molecule has 2 aliphatic heterocycles. The third kappa shape index (κ3) is 9.76. The van der Waals surface area contributed by atoms with E-state index in [1.165, 1.54) is 76.6 Å². The molecule has 1 aromatic rings. The summed E-state index contributed by atoms with van der Waals surface area (Å²) in [6.45, 7) is 11.3. The maximum atomic E-state index is 11.3. The van der Waals surface area contributed by atoms with E-state index in [9.17, 15) is 4.79 Å². The molecular weight excluding hydrogens is 476 g/mol. The van der Waals surface area contributed by atoms with Crippen LogP contribution in [-0.2, 0) is 9.53 Å². The Labute approximate surface area is 231 Å². The average molecular weight is 531 g/mol. The molecule has 216 valence electrons. The minimum Gasteiger partial charge on any atom is -0.375 e. The number of nitrogens with zero attached hydrogens (tertiary/aromatic N) is 5. The summed E-state index contributed by atoms with van der Waals surface area (Å²) in [5.41, 5.74) is 1.32. The monoisotopic (exact) mass is 530 g/mol. The smallest absolute Gasteiger partial charge is 0.245 e. The van der Waals surface area contributed by atoms with Crippen molar-refractivity contribution in [1.82, 2.24) is 25.1 Å². The van der Waals surface area contributed by atoms with E-state index in [0.717, 1.165) is 44.8 Å². The summed E-state index contributed by atoms with van der Waals surface area (Å²) < 4.78 is 4.82. The van der Waals surface area contributed by atoms with Gasteiger partial charge >= 0.3 is 0 Å². The van der Waals surface area contributed by atoms with Crippen LogP contribution in [0.1, 0.15) is 96.0 Å². The zero-order valence-electron chi connectivity index (χ0n) is 24.7. The molecule has 38 heavy (non-hydrogen) atoms. The molecular formula is C30H54N6O2. The molecule has 0 radical (unpaired) electrons. The van der Waals surface area contributed by atoms with Crippen LogP contribution in [0.2, 0.25) is 0 Å². The third-order valence-electron chi connectivity index (χ3n) is 8.47. The fraction of sp³-hybridized carbons (Fsp3) is 0.833. The van der Waals surface area contributed by atoms with Gasteiger partial charge < -0.3 is 24.8 Å². The van der Waals surface area contributed by atoms with Crippen LogP contribution in [0.5, 0.6) is 0 Å². The van der Waals surface area contributed by atoms with Gasteiger partial charge in [0.2, 0.25) is 11.9 Å². The molecule has 3 rings (SSSR count). The zero-order chi connectivity index (χ0) is 27.2. The molecule has 1 N–H and O–H groups in total. The molecule has 0 spiro atoms. The van der Waals surface area contributed by atoms with Crippen molar-refractivity contribution < 1.29 is 9.53 Å². The first-order valence-electron chi connectivity index (χ1n) is 15.3. The van der Waals surface area contributed by atoms with Crippen molar-refractivity contribution in [3.05, 3.63) is 18.0 Å². The average Bonchev–Trinajstić information content (AvgIpc) is 2.94. The molecule has 2 aliphatic rings. The highest BCUT2D eigenvalue weighted by atomic mass is 16.5. The van der Waals surface area contributed by atoms with Gasteiger partial charge in [0.05, 0.1) is 0 Å². The molecule has 0 saturated carbocycles. The van der Waals surface area contributed by atoms with Crippen LogP contribution in [0.15, 0.2) is 12.4 Å². The Hall–Kier alpha value is -1.77. The summed E-state index contributed by atoms with van der Waals surface area (Å²) >= 11 is 0. The second kappa shape index (κ2) is 17.0. The number of rotatable bonds is 16. The van der Waals surface area contributed by atoms with Gasteiger partial charge in [-0.25, -0.2) is 9.97 Å². The van der Waals surface area contributed by atoms with E-state index in [4.69, 9.17) is 14.7 Å². The van der Waals surface area contributed by atoms with Crippen molar-refractivity contribution in [3.63, 3.8) is 0 Å². The number of piperazine rings is 1. The largest absolute Gasteiger partial charge is 0.375 e. The van der Waals surface area contributed by atoms with E-state index >= 15 is 0 Å². The second-order valence-corrected chi connectivity index (χ2v) is 11.4. The van der Waals surface area contributed by atoms with Crippen LogP contribution in [-0.4, -0.2) is 97.8 Å². The van der Waals surface area contributed by atoms with Crippen LogP contribution in [0.25, 0.3) is 0 Å². The Morgan fingerprint density at radius 3 is 2.11 bits per heavy atom. The highest BCUT2D eigenvalue weighted by Crippen LogP contribution is 2.29. The predicted molar refractivity (Wildman–Crippen MR) is 156 cm³/mol. The maximum Gasteiger partial charge on any atom is 0.245 e. The van der Waals surface area contributed by atoms with E-state index in [1.807, 2.05) is 0 Å². The molecule has 0 aromatic carbocycles. The number of piperidine rings is 1. The SMILES string of the molecule is CCC1CN(C)CC(CC)N1c1ncc(C2CCN(CCCCCCCCCNC(=O)COC)CC2)cn1. The number of aromatic nitrogens is 2. The van der Waals surface area contributed by atoms with Gasteiger partial charge in [0.1, 0.15) is 6.61 Å². The molecule has 1 aromatic heterocycles. The Morgan fingerprint density at radius 2 is 1.53 bits per heavy atom. The molecule has 8 heteroatoms. The Morgan fingerprint density at radius 1 is 0.947 bits per heavy atom. The number of likely N-dealkylation sites (N-methyl/N-ethyl adjacent to an activating group) is 1. The topological polar surface area (TPSA) is 73.8 Å². The highest BCUT2D eigenvalue weighted by Gasteiger charge is 2.33. The lowest BCUT2D eigenvalue weighted by Gasteiger charge is -2.45. The number of ether oxygens (including phenoxy) is 1. The van der Waals surface area contributed by atoms with E-state index in [0.29, 0.717) is 18.0 Å². The summed E-state index contributed by atoms with van der Waals surface area (Å²) in [5, 5.41) is 2.89. The van der Waals surface area contributed by atoms with Gasteiger partial charge in [-0.1, -0.05) is 46.0 Å². The molecule has 2 fully saturated rings. The molecule has 0 aliphatic carbocycles. The van der Waals surface area contributed by atoms with Gasteiger partial charge in [0.25, 0.3) is 0 Å². The summed E-state index contributed by atoms with van der Waals surface area (Å²) in [5.74, 6) is 1.50. The minimum absolute atomic E-state index is 0.0146. The summed E-state index contributed by atoms with van der Waals surface area (Å²) in [7, 11) is 3.78. The second-order valence-electron chi connectivity index (χ2n) is 11.4. The number of carbonyl (C=O) groups is 1. The first-order valence-corrected chi connectivity index (χ1v) is 15.3. The Balaban J connectivity index is 1.28. The van der Waals surface area contributed by atoms with Crippen LogP contribution in [0, 0.1) is 0 Å². The van der Waals surface area contributed by atoms with Crippen LogP contribution < -0.4 is 10.2 Å². The molecule has 3 heterocycles. The van der Waals surface area contributed by atoms with E-state index in [1.54, 1.807) is 7.11 Å². The summed E-state index contributed by atoms with van der Waals surface area (Å²) in [4.78, 5) is 28.7. The quantitative estimate of drug-likeness (QED) is 0.316. The van der Waals surface area contributed by atoms with Gasteiger partial charge in [-0.3, -0.25) is 4.79 Å². The number of nitrogens with one attached hydrogen (secondary N) is 1. The fourth-order valence-electron chi connectivity index (χ4n) is 6.17. The van der Waals surface area contributed by atoms with Crippen LogP contribution in [0.3, 0.4) is 0 Å². The number of likely N-dealkylation sites (tertiary alicyclic amines) is 1. The van der Waals surface area contributed by atoms with Crippen molar-refractivity contribution in [3.8, 4) is 0 Å². The van der Waals surface area contributed by atoms with E-state index in [2.05, 4.69) is 53.3 Å².